The number of fused-ring (bicyclic) bond motifs is 1. The van der Waals surface area contributed by atoms with E-state index >= 15 is 0 Å². The quantitative estimate of drug-likeness (QED) is 0.757. The third-order valence-corrected chi connectivity index (χ3v) is 3.92. The van der Waals surface area contributed by atoms with E-state index in [1.165, 1.54) is 0 Å². The van der Waals surface area contributed by atoms with Gasteiger partial charge in [0.1, 0.15) is 5.82 Å². The summed E-state index contributed by atoms with van der Waals surface area (Å²) in [6.45, 7) is 8.39. The van der Waals surface area contributed by atoms with E-state index in [-0.39, 0.29) is 0 Å². The van der Waals surface area contributed by atoms with Crippen LogP contribution in [0.1, 0.15) is 19.7 Å². The van der Waals surface area contributed by atoms with Gasteiger partial charge in [-0.2, -0.15) is 0 Å². The van der Waals surface area contributed by atoms with E-state index in [0.29, 0.717) is 10.9 Å². The molecule has 0 fully saturated rings. The van der Waals surface area contributed by atoms with Crippen molar-refractivity contribution in [3.05, 3.63) is 29.0 Å². The van der Waals surface area contributed by atoms with E-state index < -0.39 is 0 Å². The van der Waals surface area contributed by atoms with Gasteiger partial charge in [0.05, 0.1) is 16.9 Å². The van der Waals surface area contributed by atoms with E-state index in [1.54, 1.807) is 0 Å². The van der Waals surface area contributed by atoms with Crippen molar-refractivity contribution in [2.24, 2.45) is 0 Å². The van der Waals surface area contributed by atoms with E-state index in [9.17, 15) is 0 Å². The highest BCUT2D eigenvalue weighted by atomic mass is 35.5. The highest BCUT2D eigenvalue weighted by molar-refractivity contribution is 6.31. The van der Waals surface area contributed by atoms with Crippen molar-refractivity contribution in [2.45, 2.75) is 26.3 Å². The maximum Gasteiger partial charge on any atom is 0.124 e. The number of hydrogen-bond acceptors (Lipinski definition) is 2. The first-order valence-corrected chi connectivity index (χ1v) is 7.53. The Balaban J connectivity index is 2.30. The summed E-state index contributed by atoms with van der Waals surface area (Å²) in [4.78, 5) is 6.94. The predicted molar refractivity (Wildman–Crippen MR) is 82.1 cm³/mol. The summed E-state index contributed by atoms with van der Waals surface area (Å²) < 4.78 is 2.19. The summed E-state index contributed by atoms with van der Waals surface area (Å²) in [5.74, 6) is 1.33. The van der Waals surface area contributed by atoms with Gasteiger partial charge in [0.2, 0.25) is 0 Å². The molecule has 2 aromatic rings. The average Bonchev–Trinajstić information content (AvgIpc) is 2.77. The van der Waals surface area contributed by atoms with Gasteiger partial charge < -0.3 is 9.47 Å². The maximum atomic E-state index is 6.01. The maximum absolute atomic E-state index is 6.01. The molecule has 0 aliphatic carbocycles. The molecule has 0 aliphatic heterocycles. The molecule has 0 saturated heterocycles. The molecule has 2 rings (SSSR count). The number of alkyl halides is 1. The van der Waals surface area contributed by atoms with Crippen LogP contribution in [-0.2, 0) is 12.4 Å². The second-order valence-electron chi connectivity index (χ2n) is 4.47. The summed E-state index contributed by atoms with van der Waals surface area (Å²) in [6, 6.07) is 5.81. The van der Waals surface area contributed by atoms with Crippen LogP contribution in [0.25, 0.3) is 11.0 Å². The van der Waals surface area contributed by atoms with Crippen LogP contribution in [-0.4, -0.2) is 34.1 Å². The molecule has 0 aliphatic rings. The fourth-order valence-corrected chi connectivity index (χ4v) is 2.66. The highest BCUT2D eigenvalue weighted by Gasteiger charge is 2.11. The van der Waals surface area contributed by atoms with Gasteiger partial charge >= 0.3 is 0 Å². The van der Waals surface area contributed by atoms with Crippen molar-refractivity contribution < 1.29 is 0 Å². The minimum atomic E-state index is 0.421. The Kier molecular flexibility index (Phi) is 5.08. The number of nitrogens with zero attached hydrogens (tertiary/aromatic N) is 3. The molecule has 1 heterocycles. The third-order valence-electron chi connectivity index (χ3n) is 3.44. The number of rotatable bonds is 6. The molecule has 1 aromatic carbocycles. The molecule has 0 atom stereocenters. The summed E-state index contributed by atoms with van der Waals surface area (Å²) >= 11 is 12.0. The van der Waals surface area contributed by atoms with Gasteiger partial charge in [-0.05, 0) is 31.3 Å². The largest absolute Gasteiger partial charge is 0.326 e. The number of aromatic nitrogens is 2. The minimum Gasteiger partial charge on any atom is -0.326 e. The molecule has 0 bridgehead atoms. The number of benzene rings is 1. The molecule has 0 radical (unpaired) electrons. The number of halogens is 2. The van der Waals surface area contributed by atoms with Crippen LogP contribution in [0.15, 0.2) is 18.2 Å². The van der Waals surface area contributed by atoms with Gasteiger partial charge in [0.25, 0.3) is 0 Å². The Morgan fingerprint density at radius 1 is 1.26 bits per heavy atom. The Hall–Kier alpha value is -0.770. The lowest BCUT2D eigenvalue weighted by Gasteiger charge is -2.19. The zero-order valence-electron chi connectivity index (χ0n) is 11.4. The minimum absolute atomic E-state index is 0.421. The SMILES string of the molecule is CCN(CC)CCn1c(CCl)nc2cc(Cl)ccc21. The molecule has 5 heteroatoms. The van der Waals surface area contributed by atoms with Crippen molar-refractivity contribution in [1.82, 2.24) is 14.5 Å². The topological polar surface area (TPSA) is 21.1 Å². The summed E-state index contributed by atoms with van der Waals surface area (Å²) in [6.07, 6.45) is 0. The van der Waals surface area contributed by atoms with Crippen molar-refractivity contribution >= 4 is 34.2 Å². The monoisotopic (exact) mass is 299 g/mol. The van der Waals surface area contributed by atoms with Crippen LogP contribution in [0, 0.1) is 0 Å². The normalized spacial score (nSPS) is 11.6. The lowest BCUT2D eigenvalue weighted by atomic mass is 10.3. The van der Waals surface area contributed by atoms with E-state index in [1.807, 2.05) is 18.2 Å². The van der Waals surface area contributed by atoms with Crippen molar-refractivity contribution in [3.8, 4) is 0 Å². The molecule has 0 spiro atoms. The first kappa shape index (κ1) is 14.6. The molecular weight excluding hydrogens is 281 g/mol. The second-order valence-corrected chi connectivity index (χ2v) is 5.18. The number of likely N-dealkylation sites (N-methyl/N-ethyl adjacent to an activating group) is 1. The van der Waals surface area contributed by atoms with Crippen LogP contribution < -0.4 is 0 Å². The van der Waals surface area contributed by atoms with E-state index in [2.05, 4.69) is 28.3 Å². The molecule has 104 valence electrons. The average molecular weight is 300 g/mol. The molecule has 1 aromatic heterocycles. The molecule has 0 unspecified atom stereocenters. The lowest BCUT2D eigenvalue weighted by molar-refractivity contribution is 0.291. The van der Waals surface area contributed by atoms with Gasteiger partial charge in [-0.25, -0.2) is 4.98 Å². The number of imidazole rings is 1. The van der Waals surface area contributed by atoms with Gasteiger partial charge in [-0.1, -0.05) is 25.4 Å². The smallest absolute Gasteiger partial charge is 0.124 e. The van der Waals surface area contributed by atoms with Gasteiger partial charge in [-0.3, -0.25) is 0 Å². The summed E-state index contributed by atoms with van der Waals surface area (Å²) in [5, 5.41) is 0.710. The van der Waals surface area contributed by atoms with Gasteiger partial charge in [-0.15, -0.1) is 11.6 Å². The fourth-order valence-electron chi connectivity index (χ4n) is 2.29. The highest BCUT2D eigenvalue weighted by Crippen LogP contribution is 2.21. The molecule has 0 saturated carbocycles. The molecule has 19 heavy (non-hydrogen) atoms. The fraction of sp³-hybridized carbons (Fsp3) is 0.500. The summed E-state index contributed by atoms with van der Waals surface area (Å²) in [7, 11) is 0. The lowest BCUT2D eigenvalue weighted by Crippen LogP contribution is -2.27. The Labute approximate surface area is 124 Å². The zero-order valence-corrected chi connectivity index (χ0v) is 12.9. The van der Waals surface area contributed by atoms with Gasteiger partial charge in [0.15, 0.2) is 0 Å². The molecule has 0 amide bonds. The Morgan fingerprint density at radius 3 is 2.63 bits per heavy atom. The Morgan fingerprint density at radius 2 is 2.00 bits per heavy atom. The predicted octanol–water partition coefficient (Wildman–Crippen LogP) is 3.77. The van der Waals surface area contributed by atoms with Gasteiger partial charge in [0, 0.05) is 18.1 Å². The van der Waals surface area contributed by atoms with Crippen molar-refractivity contribution in [2.75, 3.05) is 19.6 Å². The summed E-state index contributed by atoms with van der Waals surface area (Å²) in [5.41, 5.74) is 2.02. The van der Waals surface area contributed by atoms with Crippen LogP contribution in [0.4, 0.5) is 0 Å². The van der Waals surface area contributed by atoms with Crippen LogP contribution in [0.5, 0.6) is 0 Å². The van der Waals surface area contributed by atoms with Crippen LogP contribution >= 0.6 is 23.2 Å². The first-order chi connectivity index (χ1) is 9.19. The van der Waals surface area contributed by atoms with Crippen LogP contribution in [0.3, 0.4) is 0 Å². The molecular formula is C14H19Cl2N3. The Bertz CT molecular complexity index is 547. The van der Waals surface area contributed by atoms with Crippen molar-refractivity contribution in [3.63, 3.8) is 0 Å². The van der Waals surface area contributed by atoms with E-state index in [4.69, 9.17) is 23.2 Å². The standard InChI is InChI=1S/C14H19Cl2N3/c1-3-18(4-2)7-8-19-13-6-5-11(16)9-12(13)17-14(19)10-15/h5-6,9H,3-4,7-8,10H2,1-2H3. The second kappa shape index (κ2) is 6.60. The molecule has 3 nitrogen and oxygen atoms in total. The first-order valence-electron chi connectivity index (χ1n) is 6.62. The number of hydrogen-bond donors (Lipinski definition) is 0. The zero-order chi connectivity index (χ0) is 13.8. The van der Waals surface area contributed by atoms with Crippen LogP contribution in [0.2, 0.25) is 5.02 Å². The third kappa shape index (κ3) is 3.22. The van der Waals surface area contributed by atoms with Crippen molar-refractivity contribution in [1.29, 1.82) is 0 Å². The van der Waals surface area contributed by atoms with E-state index in [0.717, 1.165) is 43.0 Å². The molecule has 0 N–H and O–H groups in total.